The molecule has 2 rings (SSSR count). The van der Waals surface area contributed by atoms with Crippen LogP contribution in [0.4, 0.5) is 11.4 Å². The first-order valence-corrected chi connectivity index (χ1v) is 11.1. The number of nitrogens with zero attached hydrogens (tertiary/aromatic N) is 1. The van der Waals surface area contributed by atoms with E-state index in [9.17, 15) is 13.2 Å². The van der Waals surface area contributed by atoms with E-state index < -0.39 is 16.1 Å². The maximum atomic E-state index is 12.9. The monoisotopic (exact) mass is 404 g/mol. The van der Waals surface area contributed by atoms with Gasteiger partial charge in [0.2, 0.25) is 15.9 Å². The summed E-state index contributed by atoms with van der Waals surface area (Å²) in [6, 6.07) is 11.7. The molecule has 0 heterocycles. The Balaban J connectivity index is 2.33. The zero-order valence-electron chi connectivity index (χ0n) is 17.0. The predicted octanol–water partition coefficient (Wildman–Crippen LogP) is 3.89. The van der Waals surface area contributed by atoms with Crippen molar-refractivity contribution in [3.63, 3.8) is 0 Å². The molecule has 0 saturated heterocycles. The molecule has 1 N–H and O–H groups in total. The van der Waals surface area contributed by atoms with Crippen LogP contribution in [0, 0.1) is 13.8 Å². The molecule has 152 valence electrons. The molecule has 0 saturated carbocycles. The lowest BCUT2D eigenvalue weighted by atomic mass is 10.1. The van der Waals surface area contributed by atoms with Crippen molar-refractivity contribution in [3.05, 3.63) is 53.6 Å². The number of ether oxygens (including phenoxy) is 1. The Hall–Kier alpha value is -2.54. The third kappa shape index (κ3) is 5.48. The van der Waals surface area contributed by atoms with Gasteiger partial charge in [-0.25, -0.2) is 8.42 Å². The third-order valence-corrected chi connectivity index (χ3v) is 5.40. The molecular formula is C21H28N2O4S. The molecule has 7 heteroatoms. The minimum Gasteiger partial charge on any atom is -0.494 e. The van der Waals surface area contributed by atoms with Crippen molar-refractivity contribution in [1.82, 2.24) is 0 Å². The predicted molar refractivity (Wildman–Crippen MR) is 114 cm³/mol. The van der Waals surface area contributed by atoms with Crippen LogP contribution in [0.25, 0.3) is 0 Å². The number of hydrogen-bond donors (Lipinski definition) is 1. The van der Waals surface area contributed by atoms with E-state index in [1.54, 1.807) is 43.3 Å². The smallest absolute Gasteiger partial charge is 0.248 e. The molecule has 28 heavy (non-hydrogen) atoms. The highest BCUT2D eigenvalue weighted by Crippen LogP contribution is 2.26. The number of aryl methyl sites for hydroxylation is 2. The Morgan fingerprint density at radius 2 is 1.64 bits per heavy atom. The Morgan fingerprint density at radius 1 is 1.07 bits per heavy atom. The molecule has 6 nitrogen and oxygen atoms in total. The van der Waals surface area contributed by atoms with Gasteiger partial charge in [-0.3, -0.25) is 9.10 Å². The fraction of sp³-hybridized carbons (Fsp3) is 0.381. The van der Waals surface area contributed by atoms with Gasteiger partial charge in [0.15, 0.2) is 0 Å². The van der Waals surface area contributed by atoms with Gasteiger partial charge in [-0.1, -0.05) is 13.0 Å². The Bertz CT molecular complexity index is 904. The lowest BCUT2D eigenvalue weighted by molar-refractivity contribution is -0.117. The first-order chi connectivity index (χ1) is 13.2. The summed E-state index contributed by atoms with van der Waals surface area (Å²) < 4.78 is 31.7. The van der Waals surface area contributed by atoms with Crippen LogP contribution < -0.4 is 14.4 Å². The summed E-state index contributed by atoms with van der Waals surface area (Å²) in [6.07, 6.45) is 1.46. The van der Waals surface area contributed by atoms with Gasteiger partial charge in [0.05, 0.1) is 18.6 Å². The van der Waals surface area contributed by atoms with Crippen LogP contribution in [-0.4, -0.2) is 33.2 Å². The topological polar surface area (TPSA) is 75.7 Å². The van der Waals surface area contributed by atoms with E-state index in [2.05, 4.69) is 5.32 Å². The van der Waals surface area contributed by atoms with E-state index in [0.29, 0.717) is 30.2 Å². The van der Waals surface area contributed by atoms with Crippen LogP contribution in [0.2, 0.25) is 0 Å². The molecular weight excluding hydrogens is 376 g/mol. The number of hydrogen-bond acceptors (Lipinski definition) is 4. The second-order valence-corrected chi connectivity index (χ2v) is 8.63. The molecule has 1 atom stereocenters. The van der Waals surface area contributed by atoms with Gasteiger partial charge in [0.25, 0.3) is 0 Å². The summed E-state index contributed by atoms with van der Waals surface area (Å²) >= 11 is 0. The van der Waals surface area contributed by atoms with Crippen molar-refractivity contribution in [2.45, 2.75) is 40.2 Å². The van der Waals surface area contributed by atoms with Gasteiger partial charge < -0.3 is 10.1 Å². The first-order valence-electron chi connectivity index (χ1n) is 9.27. The van der Waals surface area contributed by atoms with Crippen LogP contribution in [0.5, 0.6) is 5.75 Å². The van der Waals surface area contributed by atoms with Crippen LogP contribution in [0.1, 0.15) is 31.4 Å². The highest BCUT2D eigenvalue weighted by atomic mass is 32.2. The molecule has 2 aromatic carbocycles. The van der Waals surface area contributed by atoms with Crippen LogP contribution in [0.15, 0.2) is 42.5 Å². The van der Waals surface area contributed by atoms with Gasteiger partial charge in [-0.2, -0.15) is 0 Å². The maximum Gasteiger partial charge on any atom is 0.248 e. The van der Waals surface area contributed by atoms with Gasteiger partial charge >= 0.3 is 0 Å². The molecule has 1 amide bonds. The minimum atomic E-state index is -3.66. The molecule has 0 bridgehead atoms. The first kappa shape index (κ1) is 21.8. The van der Waals surface area contributed by atoms with Crippen molar-refractivity contribution in [3.8, 4) is 5.75 Å². The lowest BCUT2D eigenvalue weighted by Crippen LogP contribution is -2.47. The average Bonchev–Trinajstić information content (AvgIpc) is 2.59. The van der Waals surface area contributed by atoms with E-state index >= 15 is 0 Å². The fourth-order valence-electron chi connectivity index (χ4n) is 3.16. The second-order valence-electron chi connectivity index (χ2n) is 6.78. The molecule has 0 aliphatic rings. The summed E-state index contributed by atoms with van der Waals surface area (Å²) in [5, 5.41) is 2.81. The Kier molecular flexibility index (Phi) is 7.07. The van der Waals surface area contributed by atoms with E-state index in [1.165, 1.54) is 4.31 Å². The van der Waals surface area contributed by atoms with Crippen molar-refractivity contribution >= 4 is 27.3 Å². The molecule has 0 aliphatic carbocycles. The normalized spacial score (nSPS) is 12.3. The summed E-state index contributed by atoms with van der Waals surface area (Å²) in [4.78, 5) is 12.9. The average molecular weight is 405 g/mol. The summed E-state index contributed by atoms with van der Waals surface area (Å²) in [6.45, 7) is 8.05. The van der Waals surface area contributed by atoms with Gasteiger partial charge in [0.1, 0.15) is 11.8 Å². The lowest BCUT2D eigenvalue weighted by Gasteiger charge is -2.30. The Morgan fingerprint density at radius 3 is 2.11 bits per heavy atom. The third-order valence-electron chi connectivity index (χ3n) is 4.22. The van der Waals surface area contributed by atoms with Crippen molar-refractivity contribution in [2.75, 3.05) is 22.5 Å². The van der Waals surface area contributed by atoms with Crippen molar-refractivity contribution < 1.29 is 17.9 Å². The molecule has 0 unspecified atom stereocenters. The second kappa shape index (κ2) is 9.10. The van der Waals surface area contributed by atoms with Crippen LogP contribution in [0.3, 0.4) is 0 Å². The van der Waals surface area contributed by atoms with E-state index in [1.807, 2.05) is 26.8 Å². The number of carbonyl (C=O) groups excluding carboxylic acids is 1. The summed E-state index contributed by atoms with van der Waals surface area (Å²) in [5.74, 6) is 0.330. The largest absolute Gasteiger partial charge is 0.494 e. The van der Waals surface area contributed by atoms with E-state index in [-0.39, 0.29) is 5.91 Å². The standard InChI is InChI=1S/C21H28N2O4S/c1-6-20(21(24)22-17-8-10-19(11-9-17)27-7-2)23(28(5,25)26)18-13-15(3)12-16(4)14-18/h8-14,20H,6-7H2,1-5H3,(H,22,24)/t20-/m0/s1. The van der Waals surface area contributed by atoms with Gasteiger partial charge in [0, 0.05) is 5.69 Å². The summed E-state index contributed by atoms with van der Waals surface area (Å²) in [5.41, 5.74) is 2.95. The van der Waals surface area contributed by atoms with Crippen LogP contribution >= 0.6 is 0 Å². The summed E-state index contributed by atoms with van der Waals surface area (Å²) in [7, 11) is -3.66. The van der Waals surface area contributed by atoms with Gasteiger partial charge in [-0.05, 0) is 74.7 Å². The van der Waals surface area contributed by atoms with Gasteiger partial charge in [-0.15, -0.1) is 0 Å². The molecule has 0 aliphatic heterocycles. The zero-order chi connectivity index (χ0) is 20.9. The fourth-order valence-corrected chi connectivity index (χ4v) is 4.36. The van der Waals surface area contributed by atoms with Crippen molar-refractivity contribution in [2.24, 2.45) is 0 Å². The highest BCUT2D eigenvalue weighted by Gasteiger charge is 2.31. The number of benzene rings is 2. The number of carbonyl (C=O) groups is 1. The minimum absolute atomic E-state index is 0.336. The Labute approximate surface area is 167 Å². The SMILES string of the molecule is CCOc1ccc(NC(=O)[C@H](CC)N(c2cc(C)cc(C)c2)S(C)(=O)=O)cc1. The van der Waals surface area contributed by atoms with E-state index in [0.717, 1.165) is 17.4 Å². The molecule has 0 spiro atoms. The number of nitrogens with one attached hydrogen (secondary N) is 1. The number of rotatable bonds is 8. The number of amides is 1. The molecule has 0 radical (unpaired) electrons. The number of anilines is 2. The quantitative estimate of drug-likeness (QED) is 0.724. The van der Waals surface area contributed by atoms with E-state index in [4.69, 9.17) is 4.74 Å². The zero-order valence-corrected chi connectivity index (χ0v) is 17.8. The highest BCUT2D eigenvalue weighted by molar-refractivity contribution is 7.92. The van der Waals surface area contributed by atoms with Crippen molar-refractivity contribution in [1.29, 1.82) is 0 Å². The number of sulfonamides is 1. The molecule has 2 aromatic rings. The molecule has 0 fully saturated rings. The molecule has 0 aromatic heterocycles. The van der Waals surface area contributed by atoms with Crippen LogP contribution in [-0.2, 0) is 14.8 Å². The maximum absolute atomic E-state index is 12.9.